The minimum Gasteiger partial charge on any atom is -0.383 e. The molecule has 0 saturated heterocycles. The molecule has 1 atom stereocenters. The molecule has 1 amide bonds. The Morgan fingerprint density at radius 3 is 2.81 bits per heavy atom. The predicted octanol–water partition coefficient (Wildman–Crippen LogP) is 2.40. The van der Waals surface area contributed by atoms with Gasteiger partial charge in [-0.3, -0.25) is 4.79 Å². The number of carbonyl (C=O) groups is 1. The minimum atomic E-state index is 0.0435. The van der Waals surface area contributed by atoms with Gasteiger partial charge in [0.2, 0.25) is 0 Å². The first-order valence-corrected chi connectivity index (χ1v) is 7.67. The van der Waals surface area contributed by atoms with Crippen LogP contribution in [-0.2, 0) is 4.74 Å². The smallest absolute Gasteiger partial charge is 0.255 e. The van der Waals surface area contributed by atoms with E-state index < -0.39 is 0 Å². The molecule has 5 nitrogen and oxygen atoms in total. The Morgan fingerprint density at radius 1 is 1.52 bits per heavy atom. The average Bonchev–Trinajstić information content (AvgIpc) is 3.33. The molecule has 1 aliphatic rings. The van der Waals surface area contributed by atoms with Crippen molar-refractivity contribution >= 4 is 11.7 Å². The van der Waals surface area contributed by atoms with Crippen LogP contribution in [0, 0.1) is 5.92 Å². The number of nitrogens with one attached hydrogen (secondary N) is 1. The maximum Gasteiger partial charge on any atom is 0.255 e. The van der Waals surface area contributed by atoms with Crippen molar-refractivity contribution in [1.29, 1.82) is 0 Å². The van der Waals surface area contributed by atoms with Crippen LogP contribution < -0.4 is 5.32 Å². The van der Waals surface area contributed by atoms with Crippen LogP contribution in [0.2, 0.25) is 0 Å². The van der Waals surface area contributed by atoms with Gasteiger partial charge >= 0.3 is 0 Å². The highest BCUT2D eigenvalue weighted by Crippen LogP contribution is 2.35. The van der Waals surface area contributed by atoms with Crippen LogP contribution in [0.4, 0.5) is 5.82 Å². The number of nitrogens with zero attached hydrogens (tertiary/aromatic N) is 2. The third-order valence-corrected chi connectivity index (χ3v) is 3.96. The summed E-state index contributed by atoms with van der Waals surface area (Å²) < 4.78 is 5.14. The molecule has 0 spiro atoms. The molecule has 2 rings (SSSR count). The fraction of sp³-hybridized carbons (Fsp3) is 0.625. The van der Waals surface area contributed by atoms with Crippen LogP contribution >= 0.6 is 0 Å². The number of pyridine rings is 1. The van der Waals surface area contributed by atoms with Gasteiger partial charge in [-0.25, -0.2) is 4.98 Å². The molecule has 0 radical (unpaired) electrons. The van der Waals surface area contributed by atoms with E-state index in [0.29, 0.717) is 24.6 Å². The lowest BCUT2D eigenvalue weighted by Crippen LogP contribution is -2.42. The van der Waals surface area contributed by atoms with Crippen LogP contribution in [0.15, 0.2) is 18.3 Å². The van der Waals surface area contributed by atoms with E-state index in [2.05, 4.69) is 17.2 Å². The molecule has 1 aromatic rings. The molecule has 21 heavy (non-hydrogen) atoms. The van der Waals surface area contributed by atoms with Gasteiger partial charge in [-0.2, -0.15) is 0 Å². The van der Waals surface area contributed by atoms with Crippen molar-refractivity contribution in [3.8, 4) is 0 Å². The van der Waals surface area contributed by atoms with E-state index in [1.807, 2.05) is 24.0 Å². The van der Waals surface area contributed by atoms with Crippen LogP contribution in [0.3, 0.4) is 0 Å². The Kier molecular flexibility index (Phi) is 5.56. The summed E-state index contributed by atoms with van der Waals surface area (Å²) in [5.74, 6) is 1.48. The Bertz CT molecular complexity index is 457. The zero-order valence-electron chi connectivity index (χ0n) is 13.1. The van der Waals surface area contributed by atoms with Crippen molar-refractivity contribution in [2.45, 2.75) is 32.7 Å². The van der Waals surface area contributed by atoms with Crippen molar-refractivity contribution in [2.75, 3.05) is 32.1 Å². The van der Waals surface area contributed by atoms with Crippen LogP contribution in [0.1, 0.15) is 37.0 Å². The Morgan fingerprint density at radius 2 is 2.29 bits per heavy atom. The number of carbonyl (C=O) groups excluding carboxylic acids is 1. The first-order chi connectivity index (χ1) is 10.2. The van der Waals surface area contributed by atoms with Gasteiger partial charge in [0.15, 0.2) is 0 Å². The summed E-state index contributed by atoms with van der Waals surface area (Å²) in [6, 6.07) is 3.96. The number of rotatable bonds is 8. The second-order valence-corrected chi connectivity index (χ2v) is 5.53. The summed E-state index contributed by atoms with van der Waals surface area (Å²) in [6.07, 6.45) is 4.09. The van der Waals surface area contributed by atoms with Gasteiger partial charge in [0.25, 0.3) is 5.91 Å². The van der Waals surface area contributed by atoms with Crippen molar-refractivity contribution < 1.29 is 9.53 Å². The molecule has 0 bridgehead atoms. The molecule has 1 aromatic heterocycles. The van der Waals surface area contributed by atoms with E-state index >= 15 is 0 Å². The molecule has 1 saturated carbocycles. The standard InChI is InChI=1S/C16H25N3O2/c1-4-17-15-8-7-14(11-18-15)16(20)19(9-10-21-3)12(2)13-5-6-13/h7-8,11-13H,4-6,9-10H2,1-3H3,(H,17,18). The summed E-state index contributed by atoms with van der Waals surface area (Å²) in [7, 11) is 1.66. The van der Waals surface area contributed by atoms with Gasteiger partial charge in [-0.15, -0.1) is 0 Å². The van der Waals surface area contributed by atoms with E-state index in [4.69, 9.17) is 4.74 Å². The Hall–Kier alpha value is -1.62. The summed E-state index contributed by atoms with van der Waals surface area (Å²) >= 11 is 0. The third kappa shape index (κ3) is 4.17. The van der Waals surface area contributed by atoms with E-state index in [0.717, 1.165) is 12.4 Å². The molecule has 5 heteroatoms. The Balaban J connectivity index is 2.08. The first-order valence-electron chi connectivity index (χ1n) is 7.67. The fourth-order valence-corrected chi connectivity index (χ4v) is 2.48. The maximum atomic E-state index is 12.7. The first kappa shape index (κ1) is 15.8. The van der Waals surface area contributed by atoms with Crippen molar-refractivity contribution in [2.24, 2.45) is 5.92 Å². The molecule has 1 unspecified atom stereocenters. The van der Waals surface area contributed by atoms with Crippen LogP contribution in [0.25, 0.3) is 0 Å². The van der Waals surface area contributed by atoms with E-state index in [-0.39, 0.29) is 11.9 Å². The SMILES string of the molecule is CCNc1ccc(C(=O)N(CCOC)C(C)C2CC2)cn1. The molecule has 116 valence electrons. The fourth-order valence-electron chi connectivity index (χ4n) is 2.48. The summed E-state index contributed by atoms with van der Waals surface area (Å²) in [5.41, 5.74) is 0.639. The second-order valence-electron chi connectivity index (χ2n) is 5.53. The van der Waals surface area contributed by atoms with Gasteiger partial charge in [0.1, 0.15) is 5.82 Å². The average molecular weight is 291 g/mol. The molecule has 0 aromatic carbocycles. The predicted molar refractivity (Wildman–Crippen MR) is 83.5 cm³/mol. The van der Waals surface area contributed by atoms with Gasteiger partial charge in [-0.1, -0.05) is 0 Å². The van der Waals surface area contributed by atoms with Crippen molar-refractivity contribution in [3.63, 3.8) is 0 Å². The lowest BCUT2D eigenvalue weighted by Gasteiger charge is -2.29. The third-order valence-electron chi connectivity index (χ3n) is 3.96. The highest BCUT2D eigenvalue weighted by Gasteiger charge is 2.34. The molecular formula is C16H25N3O2. The highest BCUT2D eigenvalue weighted by molar-refractivity contribution is 5.94. The molecule has 1 aliphatic carbocycles. The summed E-state index contributed by atoms with van der Waals surface area (Å²) in [4.78, 5) is 18.9. The molecule has 1 heterocycles. The number of amides is 1. The molecule has 1 N–H and O–H groups in total. The van der Waals surface area contributed by atoms with Crippen LogP contribution in [-0.4, -0.2) is 48.6 Å². The van der Waals surface area contributed by atoms with Gasteiger partial charge < -0.3 is 15.0 Å². The zero-order chi connectivity index (χ0) is 15.2. The molecular weight excluding hydrogens is 266 g/mol. The number of anilines is 1. The lowest BCUT2D eigenvalue weighted by atomic mass is 10.1. The number of methoxy groups -OCH3 is 1. The summed E-state index contributed by atoms with van der Waals surface area (Å²) in [5, 5.41) is 3.13. The number of ether oxygens (including phenoxy) is 1. The number of hydrogen-bond donors (Lipinski definition) is 1. The maximum absolute atomic E-state index is 12.7. The van der Waals surface area contributed by atoms with E-state index in [1.165, 1.54) is 12.8 Å². The molecule has 0 aliphatic heterocycles. The van der Waals surface area contributed by atoms with Crippen LogP contribution in [0.5, 0.6) is 0 Å². The number of aromatic nitrogens is 1. The quantitative estimate of drug-likeness (QED) is 0.799. The van der Waals surface area contributed by atoms with Gasteiger partial charge in [0, 0.05) is 32.4 Å². The monoisotopic (exact) mass is 291 g/mol. The highest BCUT2D eigenvalue weighted by atomic mass is 16.5. The normalized spacial score (nSPS) is 15.6. The topological polar surface area (TPSA) is 54.5 Å². The number of hydrogen-bond acceptors (Lipinski definition) is 4. The zero-order valence-corrected chi connectivity index (χ0v) is 13.1. The van der Waals surface area contributed by atoms with Gasteiger partial charge in [0.05, 0.1) is 12.2 Å². The minimum absolute atomic E-state index is 0.0435. The van der Waals surface area contributed by atoms with Crippen molar-refractivity contribution in [1.82, 2.24) is 9.88 Å². The van der Waals surface area contributed by atoms with Crippen molar-refractivity contribution in [3.05, 3.63) is 23.9 Å². The van der Waals surface area contributed by atoms with E-state index in [1.54, 1.807) is 13.3 Å². The molecule has 1 fully saturated rings. The Labute approximate surface area is 126 Å². The summed E-state index contributed by atoms with van der Waals surface area (Å²) in [6.45, 7) is 6.16. The van der Waals surface area contributed by atoms with E-state index in [9.17, 15) is 4.79 Å². The second kappa shape index (κ2) is 7.41. The largest absolute Gasteiger partial charge is 0.383 e. The lowest BCUT2D eigenvalue weighted by molar-refractivity contribution is 0.0594. The van der Waals surface area contributed by atoms with Gasteiger partial charge in [-0.05, 0) is 44.7 Å².